The SMILES string of the molecule is COc1ccc([C@@H]2CCCN2CC(=O)N2CCC[C@@H]3CCCC[C@@H]32)cc1OC. The molecule has 1 amide bonds. The second-order valence-electron chi connectivity index (χ2n) is 8.58. The molecule has 1 saturated carbocycles. The number of nitrogens with zero attached hydrogens (tertiary/aromatic N) is 2. The molecule has 4 rings (SSSR count). The monoisotopic (exact) mass is 386 g/mol. The molecule has 3 aliphatic rings. The summed E-state index contributed by atoms with van der Waals surface area (Å²) < 4.78 is 10.9. The highest BCUT2D eigenvalue weighted by molar-refractivity contribution is 5.79. The normalized spacial score (nSPS) is 28.1. The summed E-state index contributed by atoms with van der Waals surface area (Å²) in [4.78, 5) is 17.9. The van der Waals surface area contributed by atoms with Gasteiger partial charge in [-0.05, 0) is 68.7 Å². The minimum Gasteiger partial charge on any atom is -0.493 e. The molecular weight excluding hydrogens is 352 g/mol. The van der Waals surface area contributed by atoms with E-state index in [1.165, 1.54) is 44.1 Å². The second kappa shape index (κ2) is 8.73. The Morgan fingerprint density at radius 2 is 1.71 bits per heavy atom. The number of amides is 1. The lowest BCUT2D eigenvalue weighted by atomic mass is 9.78. The molecule has 0 unspecified atom stereocenters. The van der Waals surface area contributed by atoms with Gasteiger partial charge in [0.2, 0.25) is 5.91 Å². The predicted octanol–water partition coefficient (Wildman–Crippen LogP) is 4.02. The topological polar surface area (TPSA) is 42.0 Å². The van der Waals surface area contributed by atoms with Crippen LogP contribution in [0.4, 0.5) is 0 Å². The molecule has 3 fully saturated rings. The van der Waals surface area contributed by atoms with Crippen molar-refractivity contribution in [2.75, 3.05) is 33.9 Å². The van der Waals surface area contributed by atoms with Gasteiger partial charge in [-0.25, -0.2) is 0 Å². The highest BCUT2D eigenvalue weighted by atomic mass is 16.5. The number of ether oxygens (including phenoxy) is 2. The van der Waals surface area contributed by atoms with Crippen LogP contribution in [0, 0.1) is 5.92 Å². The van der Waals surface area contributed by atoms with Crippen molar-refractivity contribution in [1.82, 2.24) is 9.80 Å². The van der Waals surface area contributed by atoms with Crippen molar-refractivity contribution < 1.29 is 14.3 Å². The maximum Gasteiger partial charge on any atom is 0.237 e. The van der Waals surface area contributed by atoms with Crippen LogP contribution in [-0.2, 0) is 4.79 Å². The lowest BCUT2D eigenvalue weighted by molar-refractivity contribution is -0.139. The van der Waals surface area contributed by atoms with E-state index in [2.05, 4.69) is 21.9 Å². The van der Waals surface area contributed by atoms with E-state index in [-0.39, 0.29) is 6.04 Å². The van der Waals surface area contributed by atoms with Crippen LogP contribution in [-0.4, -0.2) is 55.6 Å². The fourth-order valence-corrected chi connectivity index (χ4v) is 5.65. The van der Waals surface area contributed by atoms with Gasteiger partial charge in [-0.1, -0.05) is 18.9 Å². The van der Waals surface area contributed by atoms with Crippen LogP contribution in [0.2, 0.25) is 0 Å². The van der Waals surface area contributed by atoms with Crippen molar-refractivity contribution in [3.05, 3.63) is 23.8 Å². The van der Waals surface area contributed by atoms with Crippen molar-refractivity contribution in [3.63, 3.8) is 0 Å². The molecule has 5 nitrogen and oxygen atoms in total. The molecule has 0 bridgehead atoms. The minimum atomic E-state index is 0.288. The van der Waals surface area contributed by atoms with Gasteiger partial charge in [0.05, 0.1) is 20.8 Å². The molecule has 154 valence electrons. The molecule has 5 heteroatoms. The van der Waals surface area contributed by atoms with Crippen molar-refractivity contribution in [1.29, 1.82) is 0 Å². The fraction of sp³-hybridized carbons (Fsp3) is 0.696. The van der Waals surface area contributed by atoms with E-state index in [9.17, 15) is 4.79 Å². The molecule has 2 saturated heterocycles. The molecule has 0 aromatic heterocycles. The maximum absolute atomic E-state index is 13.2. The number of benzene rings is 1. The summed E-state index contributed by atoms with van der Waals surface area (Å²) in [6.45, 7) is 2.49. The summed E-state index contributed by atoms with van der Waals surface area (Å²) in [6.07, 6.45) is 9.85. The molecule has 1 aliphatic carbocycles. The number of likely N-dealkylation sites (tertiary alicyclic amines) is 2. The number of carbonyl (C=O) groups is 1. The van der Waals surface area contributed by atoms with E-state index in [1.54, 1.807) is 14.2 Å². The van der Waals surface area contributed by atoms with E-state index >= 15 is 0 Å². The van der Waals surface area contributed by atoms with Crippen molar-refractivity contribution >= 4 is 5.91 Å². The van der Waals surface area contributed by atoms with Crippen LogP contribution < -0.4 is 9.47 Å². The predicted molar refractivity (Wildman–Crippen MR) is 110 cm³/mol. The van der Waals surface area contributed by atoms with E-state index in [4.69, 9.17) is 9.47 Å². The summed E-state index contributed by atoms with van der Waals surface area (Å²) >= 11 is 0. The summed E-state index contributed by atoms with van der Waals surface area (Å²) in [6, 6.07) is 6.95. The lowest BCUT2D eigenvalue weighted by Crippen LogP contribution is -2.52. The number of carbonyl (C=O) groups excluding carboxylic acids is 1. The number of rotatable bonds is 5. The Kier molecular flexibility index (Phi) is 6.10. The molecule has 1 aromatic rings. The van der Waals surface area contributed by atoms with Gasteiger partial charge in [0, 0.05) is 18.6 Å². The third-order valence-corrected chi connectivity index (χ3v) is 7.06. The van der Waals surface area contributed by atoms with Gasteiger partial charge >= 0.3 is 0 Å². The molecule has 3 atom stereocenters. The zero-order valence-corrected chi connectivity index (χ0v) is 17.4. The summed E-state index contributed by atoms with van der Waals surface area (Å²) in [5, 5.41) is 0. The first-order valence-electron chi connectivity index (χ1n) is 11.0. The van der Waals surface area contributed by atoms with Gasteiger partial charge in [0.15, 0.2) is 11.5 Å². The van der Waals surface area contributed by atoms with Crippen LogP contribution >= 0.6 is 0 Å². The molecular formula is C23H34N2O3. The molecule has 1 aromatic carbocycles. The van der Waals surface area contributed by atoms with Crippen LogP contribution in [0.3, 0.4) is 0 Å². The summed E-state index contributed by atoms with van der Waals surface area (Å²) in [5.74, 6) is 2.60. The van der Waals surface area contributed by atoms with E-state index in [0.717, 1.165) is 43.3 Å². The third-order valence-electron chi connectivity index (χ3n) is 7.06. The van der Waals surface area contributed by atoms with Crippen LogP contribution in [0.5, 0.6) is 11.5 Å². The molecule has 0 spiro atoms. The number of hydrogen-bond acceptors (Lipinski definition) is 4. The van der Waals surface area contributed by atoms with Crippen molar-refractivity contribution in [2.24, 2.45) is 5.92 Å². The summed E-state index contributed by atoms with van der Waals surface area (Å²) in [7, 11) is 3.34. The van der Waals surface area contributed by atoms with Crippen LogP contribution in [0.15, 0.2) is 18.2 Å². The van der Waals surface area contributed by atoms with E-state index in [0.29, 0.717) is 18.5 Å². The first-order valence-corrected chi connectivity index (χ1v) is 11.0. The lowest BCUT2D eigenvalue weighted by Gasteiger charge is -2.44. The fourth-order valence-electron chi connectivity index (χ4n) is 5.65. The largest absolute Gasteiger partial charge is 0.493 e. The zero-order chi connectivity index (χ0) is 19.5. The molecule has 0 radical (unpaired) electrons. The smallest absolute Gasteiger partial charge is 0.237 e. The molecule has 2 heterocycles. The molecule has 0 N–H and O–H groups in total. The average molecular weight is 387 g/mol. The average Bonchev–Trinajstić information content (AvgIpc) is 3.20. The van der Waals surface area contributed by atoms with Gasteiger partial charge in [-0.2, -0.15) is 0 Å². The van der Waals surface area contributed by atoms with Gasteiger partial charge < -0.3 is 14.4 Å². The van der Waals surface area contributed by atoms with Gasteiger partial charge in [-0.15, -0.1) is 0 Å². The van der Waals surface area contributed by atoms with Gasteiger partial charge in [0.25, 0.3) is 0 Å². The van der Waals surface area contributed by atoms with E-state index in [1.807, 2.05) is 6.07 Å². The highest BCUT2D eigenvalue weighted by Gasteiger charge is 2.37. The first kappa shape index (κ1) is 19.6. The highest BCUT2D eigenvalue weighted by Crippen LogP contribution is 2.38. The maximum atomic E-state index is 13.2. The number of methoxy groups -OCH3 is 2. The third kappa shape index (κ3) is 3.86. The minimum absolute atomic E-state index is 0.288. The zero-order valence-electron chi connectivity index (χ0n) is 17.4. The Morgan fingerprint density at radius 1 is 0.964 bits per heavy atom. The number of fused-ring (bicyclic) bond motifs is 1. The standard InChI is InChI=1S/C23H34N2O3/c1-27-21-12-11-18(15-22(21)28-2)19-10-6-13-24(19)16-23(26)25-14-5-8-17-7-3-4-9-20(17)25/h11-12,15,17,19-20H,3-10,13-14,16H2,1-2H3/t17-,19-,20-/m0/s1. The van der Waals surface area contributed by atoms with Crippen molar-refractivity contribution in [3.8, 4) is 11.5 Å². The Labute approximate surface area is 169 Å². The Hall–Kier alpha value is -1.75. The van der Waals surface area contributed by atoms with Crippen molar-refractivity contribution in [2.45, 2.75) is 63.5 Å². The molecule has 2 aliphatic heterocycles. The quantitative estimate of drug-likeness (QED) is 0.766. The Morgan fingerprint density at radius 3 is 2.54 bits per heavy atom. The Bertz CT molecular complexity index is 690. The van der Waals surface area contributed by atoms with Gasteiger partial charge in [0.1, 0.15) is 0 Å². The summed E-state index contributed by atoms with van der Waals surface area (Å²) in [5.41, 5.74) is 1.22. The van der Waals surface area contributed by atoms with E-state index < -0.39 is 0 Å². The second-order valence-corrected chi connectivity index (χ2v) is 8.58. The molecule has 28 heavy (non-hydrogen) atoms. The first-order chi connectivity index (χ1) is 13.7. The van der Waals surface area contributed by atoms with Crippen LogP contribution in [0.1, 0.15) is 63.0 Å². The Balaban J connectivity index is 1.46. The number of piperidine rings is 1. The van der Waals surface area contributed by atoms with Gasteiger partial charge in [-0.3, -0.25) is 9.69 Å². The van der Waals surface area contributed by atoms with Crippen LogP contribution in [0.25, 0.3) is 0 Å². The number of hydrogen-bond donors (Lipinski definition) is 0.